The number of rotatable bonds is 4. The Balaban J connectivity index is 0.000000122. The molecule has 2 aliphatic carbocycles. The first kappa shape index (κ1) is 18.2. The number of fused-ring (bicyclic) bond motifs is 2. The van der Waals surface area contributed by atoms with E-state index < -0.39 is 0 Å². The van der Waals surface area contributed by atoms with E-state index in [9.17, 15) is 4.79 Å². The number of hydrogen-bond donors (Lipinski definition) is 1. The number of H-pyrrole nitrogens is 1. The van der Waals surface area contributed by atoms with Gasteiger partial charge in [0.2, 0.25) is 0 Å². The van der Waals surface area contributed by atoms with Gasteiger partial charge in [0.1, 0.15) is 21.1 Å². The molecule has 4 heterocycles. The fourth-order valence-corrected chi connectivity index (χ4v) is 5.67. The highest BCUT2D eigenvalue weighted by molar-refractivity contribution is 7.19. The molecule has 4 aromatic heterocycles. The first-order valence-corrected chi connectivity index (χ1v) is 11.5. The lowest BCUT2D eigenvalue weighted by Crippen LogP contribution is -2.03. The molecule has 0 unspecified atom stereocenters. The van der Waals surface area contributed by atoms with Gasteiger partial charge in [-0.15, -0.1) is 22.7 Å². The fourth-order valence-electron chi connectivity index (χ4n) is 3.21. The second-order valence-corrected chi connectivity index (χ2v) is 10.1. The molecule has 0 bridgehead atoms. The van der Waals surface area contributed by atoms with Crippen LogP contribution in [0.1, 0.15) is 35.4 Å². The molecule has 2 fully saturated rings. The van der Waals surface area contributed by atoms with E-state index >= 15 is 0 Å². The van der Waals surface area contributed by atoms with Crippen molar-refractivity contribution in [3.8, 4) is 0 Å². The van der Waals surface area contributed by atoms with Gasteiger partial charge in [-0.05, 0) is 62.5 Å². The van der Waals surface area contributed by atoms with Gasteiger partial charge in [0.15, 0.2) is 0 Å². The van der Waals surface area contributed by atoms with E-state index in [-0.39, 0.29) is 5.56 Å². The van der Waals surface area contributed by atoms with Gasteiger partial charge in [0, 0.05) is 15.1 Å². The van der Waals surface area contributed by atoms with E-state index in [1.807, 2.05) is 6.07 Å². The zero-order valence-corrected chi connectivity index (χ0v) is 17.5. The molecule has 0 spiro atoms. The maximum Gasteiger partial charge on any atom is 0.259 e. The van der Waals surface area contributed by atoms with Gasteiger partial charge in [0.25, 0.3) is 5.56 Å². The highest BCUT2D eigenvalue weighted by Gasteiger charge is 2.23. The van der Waals surface area contributed by atoms with Crippen molar-refractivity contribution in [1.82, 2.24) is 19.9 Å². The molecule has 4 aromatic rings. The third-order valence-electron chi connectivity index (χ3n) is 5.09. The largest absolute Gasteiger partial charge is 0.313 e. The monoisotopic (exact) mass is 430 g/mol. The van der Waals surface area contributed by atoms with Crippen LogP contribution < -0.4 is 5.56 Å². The second kappa shape index (κ2) is 7.54. The van der Waals surface area contributed by atoms with Crippen LogP contribution in [0.3, 0.4) is 0 Å². The Hall–Kier alpha value is -1.83. The SMILES string of the molecule is Clc1ncnc2sc(CC3CC3)cc12.O=c1[nH]cnc2sc(CC3CC3)cc12. The number of thiophene rings is 2. The Morgan fingerprint density at radius 2 is 1.54 bits per heavy atom. The van der Waals surface area contributed by atoms with Crippen molar-refractivity contribution in [2.75, 3.05) is 0 Å². The number of aromatic amines is 1. The van der Waals surface area contributed by atoms with Crippen molar-refractivity contribution in [1.29, 1.82) is 0 Å². The minimum atomic E-state index is -0.0201. The highest BCUT2D eigenvalue weighted by atomic mass is 35.5. The molecule has 0 amide bonds. The minimum Gasteiger partial charge on any atom is -0.313 e. The molecule has 144 valence electrons. The van der Waals surface area contributed by atoms with Crippen LogP contribution in [-0.4, -0.2) is 19.9 Å². The third kappa shape index (κ3) is 4.11. The van der Waals surface area contributed by atoms with Gasteiger partial charge in [0.05, 0.1) is 11.7 Å². The number of aromatic nitrogens is 4. The van der Waals surface area contributed by atoms with Crippen LogP contribution in [0.5, 0.6) is 0 Å². The van der Waals surface area contributed by atoms with Gasteiger partial charge >= 0.3 is 0 Å². The summed E-state index contributed by atoms with van der Waals surface area (Å²) < 4.78 is 0. The predicted octanol–water partition coefficient (Wildman–Crippen LogP) is 5.23. The molecule has 28 heavy (non-hydrogen) atoms. The normalized spacial score (nSPS) is 16.3. The van der Waals surface area contributed by atoms with Crippen molar-refractivity contribution >= 4 is 54.7 Å². The summed E-state index contributed by atoms with van der Waals surface area (Å²) in [5.74, 6) is 1.77. The Kier molecular flexibility index (Phi) is 4.90. The quantitative estimate of drug-likeness (QED) is 0.449. The molecule has 0 radical (unpaired) electrons. The minimum absolute atomic E-state index is 0.0201. The number of halogens is 1. The molecule has 6 rings (SSSR count). The number of nitrogens with zero attached hydrogens (tertiary/aromatic N) is 3. The Labute approximate surface area is 174 Å². The van der Waals surface area contributed by atoms with E-state index in [1.165, 1.54) is 54.5 Å². The molecular weight excluding hydrogens is 412 g/mol. The summed E-state index contributed by atoms with van der Waals surface area (Å²) in [5, 5.41) is 2.33. The maximum atomic E-state index is 11.4. The van der Waals surface area contributed by atoms with Gasteiger partial charge < -0.3 is 4.98 Å². The summed E-state index contributed by atoms with van der Waals surface area (Å²) in [6.45, 7) is 0. The molecule has 2 aliphatic rings. The van der Waals surface area contributed by atoms with E-state index in [0.29, 0.717) is 5.15 Å². The molecule has 1 N–H and O–H groups in total. The molecule has 5 nitrogen and oxygen atoms in total. The predicted molar refractivity (Wildman–Crippen MR) is 116 cm³/mol. The molecule has 8 heteroatoms. The smallest absolute Gasteiger partial charge is 0.259 e. The fraction of sp³-hybridized carbons (Fsp3) is 0.400. The first-order valence-electron chi connectivity index (χ1n) is 9.50. The summed E-state index contributed by atoms with van der Waals surface area (Å²) >= 11 is 9.37. The Morgan fingerprint density at radius 3 is 2.11 bits per heavy atom. The van der Waals surface area contributed by atoms with Gasteiger partial charge in [-0.2, -0.15) is 0 Å². The topological polar surface area (TPSA) is 71.5 Å². The summed E-state index contributed by atoms with van der Waals surface area (Å²) in [6.07, 6.45) is 10.8. The van der Waals surface area contributed by atoms with Crippen molar-refractivity contribution in [3.05, 3.63) is 50.0 Å². The molecule has 0 saturated heterocycles. The number of nitrogens with one attached hydrogen (secondary N) is 1. The summed E-state index contributed by atoms with van der Waals surface area (Å²) in [6, 6.07) is 4.13. The van der Waals surface area contributed by atoms with Crippen molar-refractivity contribution in [2.45, 2.75) is 38.5 Å². The van der Waals surface area contributed by atoms with E-state index in [4.69, 9.17) is 11.6 Å². The molecular formula is C20H19ClN4OS2. The van der Waals surface area contributed by atoms with Gasteiger partial charge in [-0.1, -0.05) is 11.6 Å². The highest BCUT2D eigenvalue weighted by Crippen LogP contribution is 2.37. The zero-order chi connectivity index (χ0) is 19.1. The van der Waals surface area contributed by atoms with Crippen LogP contribution in [0.4, 0.5) is 0 Å². The molecule has 0 atom stereocenters. The average molecular weight is 431 g/mol. The Bertz CT molecular complexity index is 1190. The lowest BCUT2D eigenvalue weighted by Gasteiger charge is -1.88. The van der Waals surface area contributed by atoms with E-state index in [2.05, 4.69) is 26.0 Å². The van der Waals surface area contributed by atoms with Gasteiger partial charge in [-0.3, -0.25) is 4.79 Å². The van der Waals surface area contributed by atoms with E-state index in [0.717, 1.165) is 38.7 Å². The number of hydrogen-bond acceptors (Lipinski definition) is 6. The maximum absolute atomic E-state index is 11.4. The van der Waals surface area contributed by atoms with Crippen molar-refractivity contribution in [3.63, 3.8) is 0 Å². The molecule has 2 saturated carbocycles. The second-order valence-electron chi connectivity index (χ2n) is 7.55. The molecule has 0 aliphatic heterocycles. The van der Waals surface area contributed by atoms with Crippen LogP contribution in [0.2, 0.25) is 5.15 Å². The van der Waals surface area contributed by atoms with Gasteiger partial charge in [-0.25, -0.2) is 15.0 Å². The van der Waals surface area contributed by atoms with Crippen LogP contribution in [0, 0.1) is 11.8 Å². The first-order chi connectivity index (χ1) is 13.7. The van der Waals surface area contributed by atoms with Crippen LogP contribution >= 0.6 is 34.3 Å². The van der Waals surface area contributed by atoms with Crippen LogP contribution in [0.15, 0.2) is 29.6 Å². The molecule has 0 aromatic carbocycles. The van der Waals surface area contributed by atoms with Crippen LogP contribution in [0.25, 0.3) is 20.4 Å². The lowest BCUT2D eigenvalue weighted by atomic mass is 10.2. The summed E-state index contributed by atoms with van der Waals surface area (Å²) in [4.78, 5) is 30.9. The zero-order valence-electron chi connectivity index (χ0n) is 15.2. The van der Waals surface area contributed by atoms with Crippen molar-refractivity contribution in [2.24, 2.45) is 11.8 Å². The van der Waals surface area contributed by atoms with Crippen LogP contribution in [-0.2, 0) is 12.8 Å². The average Bonchev–Trinajstić information content (AvgIpc) is 3.57. The Morgan fingerprint density at radius 1 is 0.929 bits per heavy atom. The lowest BCUT2D eigenvalue weighted by molar-refractivity contribution is 0.847. The standard InChI is InChI=1S/C10H9ClN2S.C10H10N2OS/c11-9-8-4-7(3-6-1-2-6)14-10(8)13-5-12-9;13-9-8-4-7(3-6-1-2-6)14-10(8)12-5-11-9/h4-6H,1-3H2;4-6H,1-3H2,(H,11,12,13). The summed E-state index contributed by atoms with van der Waals surface area (Å²) in [7, 11) is 0. The third-order valence-corrected chi connectivity index (χ3v) is 7.52. The van der Waals surface area contributed by atoms with E-state index in [1.54, 1.807) is 22.7 Å². The van der Waals surface area contributed by atoms with Crippen molar-refractivity contribution < 1.29 is 0 Å². The summed E-state index contributed by atoms with van der Waals surface area (Å²) in [5.41, 5.74) is -0.0201.